The van der Waals surface area contributed by atoms with Gasteiger partial charge in [-0.05, 0) is 0 Å². The van der Waals surface area contributed by atoms with E-state index in [1.54, 1.807) is 0 Å². The lowest BCUT2D eigenvalue weighted by Gasteiger charge is -2.25. The maximum Gasteiger partial charge on any atom is 0.0770 e. The van der Waals surface area contributed by atoms with E-state index in [0.717, 1.165) is 11.5 Å². The minimum atomic E-state index is -0.158. The molecule has 2 aliphatic heterocycles. The number of thiol groups is 4. The Balaban J connectivity index is 1.72. The van der Waals surface area contributed by atoms with Crippen LogP contribution >= 0.6 is 85.8 Å². The molecule has 0 N–H and O–H groups in total. The van der Waals surface area contributed by atoms with Crippen LogP contribution in [0.25, 0.3) is 0 Å². The number of hydrogen-bond acceptors (Lipinski definition) is 7. The van der Waals surface area contributed by atoms with Gasteiger partial charge in [-0.3, -0.25) is 0 Å². The Labute approximate surface area is 139 Å². The molecule has 0 aliphatic carbocycles. The van der Waals surface area contributed by atoms with Crippen LogP contribution in [-0.2, 0) is 0 Å². The van der Waals surface area contributed by atoms with E-state index in [4.69, 9.17) is 0 Å². The molecule has 0 amide bonds. The first kappa shape index (κ1) is 15.8. The third-order valence-electron chi connectivity index (χ3n) is 2.96. The first-order valence-electron chi connectivity index (χ1n) is 5.52. The largest absolute Gasteiger partial charge is 0.160 e. The minimum absolute atomic E-state index is 0.158. The third-order valence-corrected chi connectivity index (χ3v) is 10.6. The highest BCUT2D eigenvalue weighted by Gasteiger charge is 2.49. The first-order valence-corrected chi connectivity index (χ1v) is 10.3. The van der Waals surface area contributed by atoms with Crippen molar-refractivity contribution in [3.05, 3.63) is 0 Å². The van der Waals surface area contributed by atoms with Gasteiger partial charge in [-0.25, -0.2) is 0 Å². The SMILES string of the molecule is CC1SC1C(S)(S)CSCC(S)(S)C1SC1C. The standard InChI is InChI=1S/C10H18S7/c1-5-7(16-5)9(11,12)3-15-4-10(13,14)8-6(2)17-8/h5-8,11-14H,3-4H2,1-2H3. The molecule has 0 aromatic carbocycles. The summed E-state index contributed by atoms with van der Waals surface area (Å²) in [6.07, 6.45) is 0. The molecule has 0 saturated carbocycles. The zero-order valence-corrected chi connectivity index (χ0v) is 15.8. The first-order chi connectivity index (χ1) is 7.74. The monoisotopic (exact) mass is 362 g/mol. The molecule has 2 rings (SSSR count). The molecule has 0 bridgehead atoms. The van der Waals surface area contributed by atoms with E-state index in [1.807, 2.05) is 35.3 Å². The van der Waals surface area contributed by atoms with E-state index >= 15 is 0 Å². The Bertz CT molecular complexity index is 262. The molecule has 4 unspecified atom stereocenters. The highest BCUT2D eigenvalue weighted by atomic mass is 32.2. The van der Waals surface area contributed by atoms with Gasteiger partial charge in [0.05, 0.1) is 8.16 Å². The van der Waals surface area contributed by atoms with Crippen molar-refractivity contribution in [2.45, 2.75) is 43.0 Å². The molecule has 2 aliphatic rings. The maximum atomic E-state index is 4.69. The Morgan fingerprint density at radius 3 is 1.41 bits per heavy atom. The number of rotatable bonds is 6. The normalized spacial score (nSPS) is 37.1. The van der Waals surface area contributed by atoms with E-state index in [9.17, 15) is 0 Å². The summed E-state index contributed by atoms with van der Waals surface area (Å²) in [7, 11) is 0. The smallest absolute Gasteiger partial charge is 0.0770 e. The van der Waals surface area contributed by atoms with Crippen molar-refractivity contribution in [3.63, 3.8) is 0 Å². The molecule has 0 aromatic rings. The lowest BCUT2D eigenvalue weighted by Crippen LogP contribution is -2.29. The van der Waals surface area contributed by atoms with Gasteiger partial charge >= 0.3 is 0 Å². The summed E-state index contributed by atoms with van der Waals surface area (Å²) in [6, 6.07) is 0. The maximum absolute atomic E-state index is 4.69. The summed E-state index contributed by atoms with van der Waals surface area (Å²) in [6.45, 7) is 4.48. The summed E-state index contributed by atoms with van der Waals surface area (Å²) >= 11 is 24.6. The van der Waals surface area contributed by atoms with Gasteiger partial charge in [-0.1, -0.05) is 13.8 Å². The van der Waals surface area contributed by atoms with Crippen LogP contribution in [-0.4, -0.2) is 40.7 Å². The molecular weight excluding hydrogens is 345 g/mol. The van der Waals surface area contributed by atoms with Crippen LogP contribution in [0.2, 0.25) is 0 Å². The quantitative estimate of drug-likeness (QED) is 0.322. The van der Waals surface area contributed by atoms with Crippen LogP contribution in [0.1, 0.15) is 13.8 Å². The predicted molar refractivity (Wildman–Crippen MR) is 100 cm³/mol. The van der Waals surface area contributed by atoms with Gasteiger partial charge in [-0.15, -0.1) is 0 Å². The lowest BCUT2D eigenvalue weighted by atomic mass is 10.2. The molecule has 2 saturated heterocycles. The van der Waals surface area contributed by atoms with E-state index in [1.165, 1.54) is 0 Å². The van der Waals surface area contributed by atoms with Gasteiger partial charge in [0.1, 0.15) is 0 Å². The highest BCUT2D eigenvalue weighted by Crippen LogP contribution is 2.55. The second kappa shape index (κ2) is 5.68. The number of thioether (sulfide) groups is 3. The summed E-state index contributed by atoms with van der Waals surface area (Å²) < 4.78 is -0.316. The zero-order chi connectivity index (χ0) is 12.8. The summed E-state index contributed by atoms with van der Waals surface area (Å²) in [5.41, 5.74) is 0. The molecule has 7 heteroatoms. The predicted octanol–water partition coefficient (Wildman–Crippen LogP) is 3.84. The zero-order valence-electron chi connectivity index (χ0n) is 9.74. The second-order valence-corrected chi connectivity index (χ2v) is 12.7. The fourth-order valence-electron chi connectivity index (χ4n) is 1.86. The molecule has 100 valence electrons. The molecule has 0 spiro atoms. The summed E-state index contributed by atoms with van der Waals surface area (Å²) in [4.78, 5) is 0. The molecule has 2 fully saturated rings. The molecule has 0 radical (unpaired) electrons. The van der Waals surface area contributed by atoms with E-state index in [0.29, 0.717) is 21.0 Å². The van der Waals surface area contributed by atoms with Crippen molar-refractivity contribution in [1.29, 1.82) is 0 Å². The number of hydrogen-bond donors (Lipinski definition) is 4. The van der Waals surface area contributed by atoms with Crippen LogP contribution in [0.3, 0.4) is 0 Å². The van der Waals surface area contributed by atoms with Crippen molar-refractivity contribution in [2.24, 2.45) is 0 Å². The molecule has 0 nitrogen and oxygen atoms in total. The van der Waals surface area contributed by atoms with Gasteiger partial charge in [0.2, 0.25) is 0 Å². The molecule has 4 atom stereocenters. The van der Waals surface area contributed by atoms with Crippen LogP contribution in [0.4, 0.5) is 0 Å². The second-order valence-electron chi connectivity index (χ2n) is 4.77. The highest BCUT2D eigenvalue weighted by molar-refractivity contribution is 8.13. The van der Waals surface area contributed by atoms with E-state index in [2.05, 4.69) is 64.4 Å². The van der Waals surface area contributed by atoms with Crippen LogP contribution < -0.4 is 0 Å². The summed E-state index contributed by atoms with van der Waals surface area (Å²) in [5, 5.41) is 2.60. The fraction of sp³-hybridized carbons (Fsp3) is 1.00. The Hall–Kier alpha value is 2.45. The van der Waals surface area contributed by atoms with Crippen molar-refractivity contribution in [2.75, 3.05) is 11.5 Å². The molecule has 17 heavy (non-hydrogen) atoms. The van der Waals surface area contributed by atoms with E-state index < -0.39 is 0 Å². The Morgan fingerprint density at radius 2 is 1.18 bits per heavy atom. The topological polar surface area (TPSA) is 0 Å². The Morgan fingerprint density at radius 1 is 0.882 bits per heavy atom. The minimum Gasteiger partial charge on any atom is -0.160 e. The lowest BCUT2D eigenvalue weighted by molar-refractivity contribution is 0.866. The van der Waals surface area contributed by atoms with Crippen molar-refractivity contribution in [1.82, 2.24) is 0 Å². The van der Waals surface area contributed by atoms with Gasteiger partial charge in [0.15, 0.2) is 0 Å². The third kappa shape index (κ3) is 4.21. The van der Waals surface area contributed by atoms with Gasteiger partial charge in [0.25, 0.3) is 0 Å². The van der Waals surface area contributed by atoms with Crippen molar-refractivity contribution < 1.29 is 0 Å². The van der Waals surface area contributed by atoms with Crippen LogP contribution in [0.5, 0.6) is 0 Å². The summed E-state index contributed by atoms with van der Waals surface area (Å²) in [5.74, 6) is 1.91. The van der Waals surface area contributed by atoms with Crippen LogP contribution in [0.15, 0.2) is 0 Å². The average Bonchev–Trinajstić information content (AvgIpc) is 3.03. The van der Waals surface area contributed by atoms with Crippen LogP contribution in [0, 0.1) is 0 Å². The average molecular weight is 363 g/mol. The van der Waals surface area contributed by atoms with Gasteiger partial charge in [0, 0.05) is 32.5 Å². The molecule has 2 heterocycles. The fourth-order valence-corrected chi connectivity index (χ4v) is 8.06. The molecular formula is C10H18S7. The van der Waals surface area contributed by atoms with Crippen molar-refractivity contribution in [3.8, 4) is 0 Å². The van der Waals surface area contributed by atoms with Crippen molar-refractivity contribution >= 4 is 85.8 Å². The molecule has 0 aromatic heterocycles. The Kier molecular flexibility index (Phi) is 5.29. The van der Waals surface area contributed by atoms with Gasteiger partial charge in [-0.2, -0.15) is 85.8 Å². The van der Waals surface area contributed by atoms with E-state index in [-0.39, 0.29) is 8.16 Å². The van der Waals surface area contributed by atoms with Gasteiger partial charge < -0.3 is 0 Å².